The maximum atomic E-state index is 6.22. The lowest BCUT2D eigenvalue weighted by Crippen LogP contribution is -2.43. The molecule has 2 aromatic carbocycles. The summed E-state index contributed by atoms with van der Waals surface area (Å²) in [5.74, 6) is 0.595. The third-order valence-corrected chi connectivity index (χ3v) is 5.23. The molecule has 2 aromatic rings. The van der Waals surface area contributed by atoms with E-state index in [0.29, 0.717) is 5.92 Å². The van der Waals surface area contributed by atoms with Crippen molar-refractivity contribution in [3.8, 4) is 0 Å². The van der Waals surface area contributed by atoms with Crippen LogP contribution in [0.4, 0.5) is 0 Å². The van der Waals surface area contributed by atoms with Crippen molar-refractivity contribution < 1.29 is 0 Å². The van der Waals surface area contributed by atoms with Gasteiger partial charge in [0.25, 0.3) is 0 Å². The Morgan fingerprint density at radius 3 is 2.15 bits per heavy atom. The van der Waals surface area contributed by atoms with Gasteiger partial charge >= 0.3 is 0 Å². The lowest BCUT2D eigenvalue weighted by molar-refractivity contribution is 0.332. The van der Waals surface area contributed by atoms with E-state index in [1.807, 2.05) is 0 Å². The van der Waals surface area contributed by atoms with Crippen LogP contribution < -0.4 is 5.73 Å². The molecular formula is C19H21N. The highest BCUT2D eigenvalue weighted by Crippen LogP contribution is 2.57. The van der Waals surface area contributed by atoms with E-state index in [0.717, 1.165) is 6.42 Å². The van der Waals surface area contributed by atoms with Gasteiger partial charge in [-0.05, 0) is 48.4 Å². The number of fused-ring (bicyclic) bond motifs is 1. The molecule has 1 unspecified atom stereocenters. The molecule has 102 valence electrons. The summed E-state index contributed by atoms with van der Waals surface area (Å²) in [7, 11) is 0. The second-order valence-electron chi connectivity index (χ2n) is 6.53. The van der Waals surface area contributed by atoms with Crippen molar-refractivity contribution >= 4 is 0 Å². The van der Waals surface area contributed by atoms with E-state index in [1.54, 1.807) is 0 Å². The average Bonchev–Trinajstić information content (AvgIpc) is 2.48. The summed E-state index contributed by atoms with van der Waals surface area (Å²) < 4.78 is 0. The van der Waals surface area contributed by atoms with Crippen molar-refractivity contribution in [1.29, 1.82) is 0 Å². The molecule has 0 aliphatic heterocycles. The van der Waals surface area contributed by atoms with E-state index in [1.165, 1.54) is 35.1 Å². The van der Waals surface area contributed by atoms with Crippen LogP contribution in [0.15, 0.2) is 48.5 Å². The Balaban J connectivity index is 2.02. The predicted octanol–water partition coefficient (Wildman–Crippen LogP) is 3.95. The second-order valence-corrected chi connectivity index (χ2v) is 6.53. The lowest BCUT2D eigenvalue weighted by atomic mass is 9.53. The molecule has 0 heterocycles. The van der Waals surface area contributed by atoms with Crippen molar-refractivity contribution in [2.75, 3.05) is 0 Å². The summed E-state index contributed by atoms with van der Waals surface area (Å²) >= 11 is 0. The first-order valence-corrected chi connectivity index (χ1v) is 7.67. The summed E-state index contributed by atoms with van der Waals surface area (Å²) in [6.45, 7) is 2.14. The average molecular weight is 263 g/mol. The topological polar surface area (TPSA) is 26.0 Å². The number of rotatable bonds is 2. The lowest BCUT2D eigenvalue weighted by Gasteiger charge is -2.50. The monoisotopic (exact) mass is 263 g/mol. The van der Waals surface area contributed by atoms with Crippen LogP contribution in [-0.4, -0.2) is 6.04 Å². The number of nitrogens with two attached hydrogens (primary N) is 1. The van der Waals surface area contributed by atoms with E-state index >= 15 is 0 Å². The maximum absolute atomic E-state index is 6.22. The highest BCUT2D eigenvalue weighted by molar-refractivity contribution is 5.59. The quantitative estimate of drug-likeness (QED) is 0.872. The Labute approximate surface area is 120 Å². The molecule has 5 rings (SSSR count). The molecule has 0 fully saturated rings. The summed E-state index contributed by atoms with van der Waals surface area (Å²) in [5.41, 5.74) is 12.5. The van der Waals surface area contributed by atoms with Crippen molar-refractivity contribution in [3.63, 3.8) is 0 Å². The van der Waals surface area contributed by atoms with Gasteiger partial charge in [-0.2, -0.15) is 0 Å². The second kappa shape index (κ2) is 4.20. The molecule has 0 saturated carbocycles. The van der Waals surface area contributed by atoms with Gasteiger partial charge in [-0.15, -0.1) is 0 Å². The Kier molecular flexibility index (Phi) is 2.55. The first-order chi connectivity index (χ1) is 9.72. The zero-order valence-corrected chi connectivity index (χ0v) is 12.0. The van der Waals surface area contributed by atoms with Crippen molar-refractivity contribution in [3.05, 3.63) is 70.8 Å². The summed E-state index contributed by atoms with van der Waals surface area (Å²) in [6, 6.07) is 18.3. The number of benzene rings is 2. The standard InChI is InChI=1S/C19H21N/c1-13(20)12-19-11-10-14(15-6-2-4-8-17(15)19)16-7-3-5-9-18(16)19/h2-9,13-14H,10-12,20H2,1H3. The normalized spacial score (nSPS) is 27.8. The minimum Gasteiger partial charge on any atom is -0.328 e. The SMILES string of the molecule is CC(N)CC12CCC(c3ccccc31)c1ccccc12. The van der Waals surface area contributed by atoms with Gasteiger partial charge < -0.3 is 5.73 Å². The number of hydrogen-bond acceptors (Lipinski definition) is 1. The van der Waals surface area contributed by atoms with Crippen molar-refractivity contribution in [2.45, 2.75) is 43.6 Å². The van der Waals surface area contributed by atoms with E-state index in [4.69, 9.17) is 5.73 Å². The molecule has 0 aromatic heterocycles. The van der Waals surface area contributed by atoms with E-state index in [9.17, 15) is 0 Å². The van der Waals surface area contributed by atoms with Crippen LogP contribution in [-0.2, 0) is 5.41 Å². The predicted molar refractivity (Wildman–Crippen MR) is 83.0 cm³/mol. The van der Waals surface area contributed by atoms with Crippen LogP contribution in [0, 0.1) is 0 Å². The van der Waals surface area contributed by atoms with Gasteiger partial charge in [0.05, 0.1) is 0 Å². The Morgan fingerprint density at radius 1 is 1.05 bits per heavy atom. The van der Waals surface area contributed by atoms with Gasteiger partial charge in [-0.25, -0.2) is 0 Å². The molecule has 1 heteroatoms. The zero-order chi connectivity index (χ0) is 13.7. The van der Waals surface area contributed by atoms with Crippen LogP contribution in [0.3, 0.4) is 0 Å². The molecule has 0 radical (unpaired) electrons. The smallest absolute Gasteiger partial charge is 0.0223 e. The molecule has 1 nitrogen and oxygen atoms in total. The first kappa shape index (κ1) is 12.2. The van der Waals surface area contributed by atoms with Crippen LogP contribution >= 0.6 is 0 Å². The third-order valence-electron chi connectivity index (χ3n) is 5.23. The van der Waals surface area contributed by atoms with Crippen molar-refractivity contribution in [1.82, 2.24) is 0 Å². The van der Waals surface area contributed by atoms with Crippen LogP contribution in [0.1, 0.15) is 54.4 Å². The fourth-order valence-electron chi connectivity index (χ4n) is 4.63. The number of hydrogen-bond donors (Lipinski definition) is 1. The highest BCUT2D eigenvalue weighted by atomic mass is 14.6. The molecule has 1 atom stereocenters. The highest BCUT2D eigenvalue weighted by Gasteiger charge is 2.47. The van der Waals surface area contributed by atoms with Gasteiger partial charge in [0, 0.05) is 17.4 Å². The molecule has 0 saturated heterocycles. The Bertz CT molecular complexity index is 609. The van der Waals surface area contributed by atoms with E-state index in [-0.39, 0.29) is 11.5 Å². The maximum Gasteiger partial charge on any atom is 0.0223 e. The fraction of sp³-hybridized carbons (Fsp3) is 0.368. The van der Waals surface area contributed by atoms with Crippen LogP contribution in [0.2, 0.25) is 0 Å². The van der Waals surface area contributed by atoms with E-state index in [2.05, 4.69) is 55.5 Å². The van der Waals surface area contributed by atoms with Gasteiger partial charge in [0.1, 0.15) is 0 Å². The van der Waals surface area contributed by atoms with Crippen LogP contribution in [0.5, 0.6) is 0 Å². The third kappa shape index (κ3) is 1.47. The minimum atomic E-state index is 0.149. The largest absolute Gasteiger partial charge is 0.328 e. The molecule has 0 amide bonds. The minimum absolute atomic E-state index is 0.149. The summed E-state index contributed by atoms with van der Waals surface area (Å²) in [6.07, 6.45) is 3.56. The van der Waals surface area contributed by atoms with Gasteiger partial charge in [-0.3, -0.25) is 0 Å². The molecule has 2 bridgehead atoms. The first-order valence-electron chi connectivity index (χ1n) is 7.67. The zero-order valence-electron chi connectivity index (χ0n) is 12.0. The Hall–Kier alpha value is -1.60. The van der Waals surface area contributed by atoms with Gasteiger partial charge in [-0.1, -0.05) is 48.5 Å². The van der Waals surface area contributed by atoms with Gasteiger partial charge in [0.2, 0.25) is 0 Å². The summed E-state index contributed by atoms with van der Waals surface area (Å²) in [5, 5.41) is 0. The van der Waals surface area contributed by atoms with Crippen molar-refractivity contribution in [2.24, 2.45) is 5.73 Å². The molecular weight excluding hydrogens is 242 g/mol. The molecule has 0 spiro atoms. The van der Waals surface area contributed by atoms with E-state index < -0.39 is 0 Å². The fourth-order valence-corrected chi connectivity index (χ4v) is 4.63. The molecule has 20 heavy (non-hydrogen) atoms. The molecule has 3 aliphatic rings. The molecule has 2 N–H and O–H groups in total. The molecule has 3 aliphatic carbocycles. The Morgan fingerprint density at radius 2 is 1.60 bits per heavy atom. The van der Waals surface area contributed by atoms with Crippen LogP contribution in [0.25, 0.3) is 0 Å². The summed E-state index contributed by atoms with van der Waals surface area (Å²) in [4.78, 5) is 0. The van der Waals surface area contributed by atoms with Gasteiger partial charge in [0.15, 0.2) is 0 Å².